The summed E-state index contributed by atoms with van der Waals surface area (Å²) in [6.07, 6.45) is 10.5. The molecule has 4 rings (SSSR count). The maximum atomic E-state index is 2.46. The Labute approximate surface area is 188 Å². The zero-order valence-electron chi connectivity index (χ0n) is 17.0. The summed E-state index contributed by atoms with van der Waals surface area (Å²) >= 11 is -1.66. The number of hydrogen-bond donors (Lipinski definition) is 0. The third-order valence-corrected chi connectivity index (χ3v) is 11.8. The van der Waals surface area contributed by atoms with Crippen molar-refractivity contribution >= 4 is 7.68 Å². The molecular weight excluding hydrogens is 419 g/mol. The largest absolute Gasteiger partial charge is 1.00 e. The topological polar surface area (TPSA) is 0 Å². The second kappa shape index (κ2) is 9.72. The van der Waals surface area contributed by atoms with Crippen LogP contribution >= 0.6 is 0 Å². The van der Waals surface area contributed by atoms with Crippen molar-refractivity contribution in [3.8, 4) is 11.1 Å². The first-order valence-electron chi connectivity index (χ1n) is 9.87. The van der Waals surface area contributed by atoms with Crippen LogP contribution in [0.3, 0.4) is 0 Å². The van der Waals surface area contributed by atoms with Crippen LogP contribution in [0.25, 0.3) is 11.1 Å². The van der Waals surface area contributed by atoms with E-state index in [1.54, 1.807) is 9.43 Å². The van der Waals surface area contributed by atoms with Crippen molar-refractivity contribution in [1.82, 2.24) is 0 Å². The minimum atomic E-state index is -1.66. The molecule has 2 aromatic rings. The number of benzene rings is 2. The maximum absolute atomic E-state index is 2.46. The average molecular weight is 447 g/mol. The third kappa shape index (κ3) is 4.17. The summed E-state index contributed by atoms with van der Waals surface area (Å²) in [6, 6.07) is 16.1. The number of fused-ring (bicyclic) bond motifs is 3. The van der Waals surface area contributed by atoms with Gasteiger partial charge in [-0.2, -0.15) is 0 Å². The van der Waals surface area contributed by atoms with E-state index in [2.05, 4.69) is 94.5 Å². The van der Waals surface area contributed by atoms with Crippen molar-refractivity contribution in [2.75, 3.05) is 0 Å². The molecular formula is C25H28Cl2Ti. The predicted octanol–water partition coefficient (Wildman–Crippen LogP) is -0.0918. The first kappa shape index (κ1) is 23.4. The van der Waals surface area contributed by atoms with Gasteiger partial charge in [0, 0.05) is 0 Å². The molecule has 146 valence electrons. The van der Waals surface area contributed by atoms with Gasteiger partial charge < -0.3 is 24.8 Å². The van der Waals surface area contributed by atoms with Crippen LogP contribution in [0, 0.1) is 11.8 Å². The number of allylic oxidation sites excluding steroid dienone is 4. The van der Waals surface area contributed by atoms with Gasteiger partial charge in [0.05, 0.1) is 0 Å². The SMILES string of the molecule is CC(C)[C](C(C)C)=[Ti+2]([c]1cccc2c1Cc1ccccc1-2)[CH]1C=CC=C1.[Cl-].[Cl-]. The van der Waals surface area contributed by atoms with E-state index < -0.39 is 17.4 Å². The summed E-state index contributed by atoms with van der Waals surface area (Å²) in [5, 5.41) is 0. The van der Waals surface area contributed by atoms with E-state index in [4.69, 9.17) is 0 Å². The van der Waals surface area contributed by atoms with Crippen LogP contribution in [-0.4, -0.2) is 3.81 Å². The summed E-state index contributed by atoms with van der Waals surface area (Å²) in [5.41, 5.74) is 6.06. The van der Waals surface area contributed by atoms with Crippen LogP contribution in [-0.2, 0) is 23.8 Å². The van der Waals surface area contributed by atoms with E-state index in [0.717, 1.165) is 6.42 Å². The molecule has 0 radical (unpaired) electrons. The molecule has 0 heterocycles. The molecule has 0 aliphatic heterocycles. The maximum Gasteiger partial charge on any atom is -1.00 e. The second-order valence-electron chi connectivity index (χ2n) is 8.14. The number of halogens is 2. The molecule has 2 aromatic carbocycles. The van der Waals surface area contributed by atoms with Gasteiger partial charge in [0.2, 0.25) is 0 Å². The molecule has 0 saturated heterocycles. The molecule has 3 heteroatoms. The van der Waals surface area contributed by atoms with E-state index in [1.807, 2.05) is 3.81 Å². The Bertz CT molecular complexity index is 913. The Morgan fingerprint density at radius 1 is 0.821 bits per heavy atom. The summed E-state index contributed by atoms with van der Waals surface area (Å²) < 4.78 is 4.19. The van der Waals surface area contributed by atoms with Crippen molar-refractivity contribution in [3.63, 3.8) is 0 Å². The van der Waals surface area contributed by atoms with Gasteiger partial charge in [-0.3, -0.25) is 0 Å². The smallest absolute Gasteiger partial charge is 1.00 e. The van der Waals surface area contributed by atoms with Crippen molar-refractivity contribution < 1.29 is 42.2 Å². The van der Waals surface area contributed by atoms with Crippen LogP contribution in [0.2, 0.25) is 4.22 Å². The van der Waals surface area contributed by atoms with E-state index in [0.29, 0.717) is 16.1 Å². The molecule has 0 fully saturated rings. The first-order valence-corrected chi connectivity index (χ1v) is 12.3. The molecule has 28 heavy (non-hydrogen) atoms. The Hall–Kier alpha value is -0.916. The molecule has 2 aliphatic carbocycles. The third-order valence-electron chi connectivity index (χ3n) is 5.78. The van der Waals surface area contributed by atoms with Crippen LogP contribution in [0.1, 0.15) is 38.8 Å². The van der Waals surface area contributed by atoms with Crippen molar-refractivity contribution in [2.45, 2.75) is 38.3 Å². The van der Waals surface area contributed by atoms with E-state index in [-0.39, 0.29) is 24.8 Å². The molecule has 2 aliphatic rings. The monoisotopic (exact) mass is 446 g/mol. The molecule has 0 amide bonds. The predicted molar refractivity (Wildman–Crippen MR) is 111 cm³/mol. The van der Waals surface area contributed by atoms with Gasteiger partial charge in [-0.05, 0) is 0 Å². The van der Waals surface area contributed by atoms with Gasteiger partial charge in [0.25, 0.3) is 0 Å². The zero-order chi connectivity index (χ0) is 18.3. The Morgan fingerprint density at radius 3 is 2.07 bits per heavy atom. The number of rotatable bonds is 4. The first-order chi connectivity index (χ1) is 12.6. The molecule has 0 nitrogen and oxygen atoms in total. The molecule has 0 atom stereocenters. The molecule has 0 spiro atoms. The normalized spacial score (nSPS) is 13.6. The zero-order valence-corrected chi connectivity index (χ0v) is 20.1. The average Bonchev–Trinajstić information content (AvgIpc) is 3.26. The molecule has 0 N–H and O–H groups in total. The molecule has 0 aromatic heterocycles. The quantitative estimate of drug-likeness (QED) is 0.491. The minimum absolute atomic E-state index is 0. The minimum Gasteiger partial charge on any atom is -1.00 e. The summed E-state index contributed by atoms with van der Waals surface area (Å²) in [7, 11) is 0. The fourth-order valence-corrected chi connectivity index (χ4v) is 10.7. The van der Waals surface area contributed by atoms with Crippen molar-refractivity contribution in [2.24, 2.45) is 11.8 Å². The molecule has 0 unspecified atom stereocenters. The van der Waals surface area contributed by atoms with Gasteiger partial charge >= 0.3 is 164 Å². The van der Waals surface area contributed by atoms with Crippen LogP contribution in [0.15, 0.2) is 66.8 Å². The van der Waals surface area contributed by atoms with E-state index >= 15 is 0 Å². The fraction of sp³-hybridized carbons (Fsp3) is 0.320. The van der Waals surface area contributed by atoms with Crippen LogP contribution in [0.5, 0.6) is 0 Å². The van der Waals surface area contributed by atoms with E-state index in [1.165, 1.54) is 16.7 Å². The second-order valence-corrected chi connectivity index (χ2v) is 12.2. The Balaban J connectivity index is 0.00000140. The van der Waals surface area contributed by atoms with Gasteiger partial charge in [-0.15, -0.1) is 0 Å². The van der Waals surface area contributed by atoms with Crippen LogP contribution in [0.4, 0.5) is 0 Å². The Kier molecular flexibility index (Phi) is 8.11. The summed E-state index contributed by atoms with van der Waals surface area (Å²) in [5.74, 6) is 1.32. The molecule has 0 saturated carbocycles. The fourth-order valence-electron chi connectivity index (χ4n) is 4.85. The van der Waals surface area contributed by atoms with E-state index in [9.17, 15) is 0 Å². The number of hydrogen-bond acceptors (Lipinski definition) is 0. The van der Waals surface area contributed by atoms with Gasteiger partial charge in [0.1, 0.15) is 0 Å². The molecule has 0 bridgehead atoms. The Morgan fingerprint density at radius 2 is 1.43 bits per heavy atom. The van der Waals surface area contributed by atoms with Crippen molar-refractivity contribution in [1.29, 1.82) is 0 Å². The summed E-state index contributed by atoms with van der Waals surface area (Å²) in [6.45, 7) is 9.62. The van der Waals surface area contributed by atoms with Crippen molar-refractivity contribution in [3.05, 3.63) is 77.9 Å². The standard InChI is InChI=1S/C13H9.C7H14.C5H5.2ClH.Ti/c1-3-7-12-10(5-1)9-11-6-2-4-8-13(11)12;1-6(2)5-7(3)4;1-2-4-5-3-1;;;/h1-5,7-8H,9H2;6-7H,1-4H3;1-5H;2*1H;/q;;;;;+2/p-2. The summed E-state index contributed by atoms with van der Waals surface area (Å²) in [4.78, 5) is 0. The van der Waals surface area contributed by atoms with Gasteiger partial charge in [-0.1, -0.05) is 0 Å². The van der Waals surface area contributed by atoms with Gasteiger partial charge in [0.15, 0.2) is 0 Å². The van der Waals surface area contributed by atoms with Crippen LogP contribution < -0.4 is 28.7 Å². The van der Waals surface area contributed by atoms with Gasteiger partial charge in [-0.25, -0.2) is 0 Å².